The summed E-state index contributed by atoms with van der Waals surface area (Å²) in [5.74, 6) is 1.61. The lowest BCUT2D eigenvalue weighted by Crippen LogP contribution is -2.09. The molecule has 0 saturated carbocycles. The molecule has 0 N–H and O–H groups in total. The highest BCUT2D eigenvalue weighted by atomic mass is 32.2. The van der Waals surface area contributed by atoms with Crippen molar-refractivity contribution in [2.45, 2.75) is 31.3 Å². The van der Waals surface area contributed by atoms with E-state index in [2.05, 4.69) is 17.0 Å². The Morgan fingerprint density at radius 1 is 1.50 bits per heavy atom. The van der Waals surface area contributed by atoms with Crippen LogP contribution < -0.4 is 0 Å². The topological polar surface area (TPSA) is 52.3 Å². The van der Waals surface area contributed by atoms with Crippen molar-refractivity contribution in [3.8, 4) is 0 Å². The molecule has 3 heterocycles. The van der Waals surface area contributed by atoms with E-state index in [1.165, 1.54) is 28.7 Å². The summed E-state index contributed by atoms with van der Waals surface area (Å²) in [5, 5.41) is 6.51. The normalized spacial score (nSPS) is 18.2. The van der Waals surface area contributed by atoms with Gasteiger partial charge in [-0.3, -0.25) is 0 Å². The third-order valence-corrected chi connectivity index (χ3v) is 6.24. The second kappa shape index (κ2) is 5.79. The van der Waals surface area contributed by atoms with E-state index in [4.69, 9.17) is 9.72 Å². The Balaban J connectivity index is 1.88. The SMILES string of the molecule is COCCSc1nc2sc3c(c2c2ncnn12)CC(C)CC3. The molecule has 1 aliphatic carbocycles. The van der Waals surface area contributed by atoms with E-state index in [1.54, 1.807) is 25.2 Å². The van der Waals surface area contributed by atoms with Crippen LogP contribution >= 0.6 is 23.1 Å². The van der Waals surface area contributed by atoms with Gasteiger partial charge >= 0.3 is 0 Å². The van der Waals surface area contributed by atoms with Crippen molar-refractivity contribution in [2.24, 2.45) is 5.92 Å². The molecular weight excluding hydrogens is 316 g/mol. The van der Waals surface area contributed by atoms with E-state index in [0.29, 0.717) is 6.61 Å². The predicted molar refractivity (Wildman–Crippen MR) is 90.0 cm³/mol. The molecule has 0 bridgehead atoms. The molecule has 1 atom stereocenters. The molecule has 22 heavy (non-hydrogen) atoms. The summed E-state index contributed by atoms with van der Waals surface area (Å²) >= 11 is 3.51. The zero-order valence-electron chi connectivity index (χ0n) is 12.7. The minimum Gasteiger partial charge on any atom is -0.384 e. The van der Waals surface area contributed by atoms with Crippen molar-refractivity contribution in [3.63, 3.8) is 0 Å². The van der Waals surface area contributed by atoms with Crippen LogP contribution in [0.4, 0.5) is 0 Å². The second-order valence-corrected chi connectivity index (χ2v) is 7.91. The van der Waals surface area contributed by atoms with Gasteiger partial charge in [-0.25, -0.2) is 9.97 Å². The van der Waals surface area contributed by atoms with Crippen LogP contribution in [0.1, 0.15) is 23.8 Å². The van der Waals surface area contributed by atoms with Crippen LogP contribution in [-0.2, 0) is 17.6 Å². The fourth-order valence-corrected chi connectivity index (χ4v) is 5.16. The predicted octanol–water partition coefficient (Wildman–Crippen LogP) is 3.20. The van der Waals surface area contributed by atoms with Crippen molar-refractivity contribution in [1.82, 2.24) is 19.6 Å². The lowest BCUT2D eigenvalue weighted by atomic mass is 9.89. The third-order valence-electron chi connectivity index (χ3n) is 4.16. The van der Waals surface area contributed by atoms with E-state index >= 15 is 0 Å². The number of methoxy groups -OCH3 is 1. The highest BCUT2D eigenvalue weighted by Crippen LogP contribution is 2.39. The van der Waals surface area contributed by atoms with Gasteiger partial charge in [-0.2, -0.15) is 9.61 Å². The summed E-state index contributed by atoms with van der Waals surface area (Å²) in [6.45, 7) is 3.04. The van der Waals surface area contributed by atoms with Crippen molar-refractivity contribution in [3.05, 3.63) is 16.8 Å². The van der Waals surface area contributed by atoms with E-state index in [0.717, 1.165) is 33.7 Å². The van der Waals surface area contributed by atoms with Gasteiger partial charge in [0.2, 0.25) is 0 Å². The number of aromatic nitrogens is 4. The van der Waals surface area contributed by atoms with Crippen molar-refractivity contribution in [1.29, 1.82) is 0 Å². The van der Waals surface area contributed by atoms with E-state index in [9.17, 15) is 0 Å². The molecule has 0 spiro atoms. The molecule has 0 radical (unpaired) electrons. The van der Waals surface area contributed by atoms with E-state index < -0.39 is 0 Å². The number of thioether (sulfide) groups is 1. The first-order valence-corrected chi connectivity index (χ1v) is 9.34. The summed E-state index contributed by atoms with van der Waals surface area (Å²) in [7, 11) is 1.72. The summed E-state index contributed by atoms with van der Waals surface area (Å²) in [6.07, 6.45) is 5.21. The molecule has 116 valence electrons. The molecule has 5 nitrogen and oxygen atoms in total. The number of ether oxygens (including phenoxy) is 1. The van der Waals surface area contributed by atoms with Gasteiger partial charge in [-0.05, 0) is 30.7 Å². The van der Waals surface area contributed by atoms with Gasteiger partial charge in [0.05, 0.1) is 12.0 Å². The Bertz CT molecular complexity index is 826. The quantitative estimate of drug-likeness (QED) is 0.417. The maximum absolute atomic E-state index is 5.13. The molecule has 0 amide bonds. The number of hydrogen-bond acceptors (Lipinski definition) is 6. The molecule has 7 heteroatoms. The van der Waals surface area contributed by atoms with Crippen LogP contribution in [0.25, 0.3) is 15.9 Å². The standard InChI is InChI=1S/C15H18N4OS2/c1-9-3-4-11-10(7-9)12-13-16-8-17-19(13)15(18-14(12)22-11)21-6-5-20-2/h8-9H,3-7H2,1-2H3. The van der Waals surface area contributed by atoms with Crippen molar-refractivity contribution < 1.29 is 4.74 Å². The van der Waals surface area contributed by atoms with Crippen molar-refractivity contribution in [2.75, 3.05) is 19.5 Å². The smallest absolute Gasteiger partial charge is 0.192 e. The number of fused-ring (bicyclic) bond motifs is 5. The van der Waals surface area contributed by atoms with Crippen LogP contribution in [-0.4, -0.2) is 39.1 Å². The monoisotopic (exact) mass is 334 g/mol. The van der Waals surface area contributed by atoms with Gasteiger partial charge in [0.25, 0.3) is 0 Å². The van der Waals surface area contributed by atoms with Crippen LogP contribution in [0.3, 0.4) is 0 Å². The van der Waals surface area contributed by atoms with Crippen molar-refractivity contribution >= 4 is 39.0 Å². The molecule has 3 aromatic heterocycles. The number of rotatable bonds is 4. The minimum atomic E-state index is 0.707. The molecule has 4 rings (SSSR count). The minimum absolute atomic E-state index is 0.707. The number of aryl methyl sites for hydroxylation is 1. The Hall–Kier alpha value is -1.18. The van der Waals surface area contributed by atoms with Gasteiger partial charge in [0.1, 0.15) is 11.2 Å². The highest BCUT2D eigenvalue weighted by molar-refractivity contribution is 7.99. The average Bonchev–Trinajstić information content (AvgIpc) is 3.10. The summed E-state index contributed by atoms with van der Waals surface area (Å²) in [5.41, 5.74) is 2.41. The summed E-state index contributed by atoms with van der Waals surface area (Å²) < 4.78 is 7.02. The van der Waals surface area contributed by atoms with Crippen LogP contribution in [0.5, 0.6) is 0 Å². The Morgan fingerprint density at radius 3 is 3.27 bits per heavy atom. The van der Waals surface area contributed by atoms with Gasteiger partial charge in [0, 0.05) is 17.7 Å². The van der Waals surface area contributed by atoms with Gasteiger partial charge < -0.3 is 4.74 Å². The van der Waals surface area contributed by atoms with E-state index in [-0.39, 0.29) is 0 Å². The molecule has 0 aliphatic heterocycles. The molecule has 3 aromatic rings. The summed E-state index contributed by atoms with van der Waals surface area (Å²) in [4.78, 5) is 12.0. The number of thiophene rings is 1. The Kier molecular flexibility index (Phi) is 3.79. The highest BCUT2D eigenvalue weighted by Gasteiger charge is 2.24. The van der Waals surface area contributed by atoms with Crippen LogP contribution in [0.15, 0.2) is 11.5 Å². The Morgan fingerprint density at radius 2 is 2.41 bits per heavy atom. The second-order valence-electron chi connectivity index (χ2n) is 5.76. The average molecular weight is 334 g/mol. The van der Waals surface area contributed by atoms with E-state index in [1.807, 2.05) is 15.9 Å². The molecule has 0 saturated heterocycles. The molecule has 1 aliphatic rings. The van der Waals surface area contributed by atoms with Crippen LogP contribution in [0.2, 0.25) is 0 Å². The molecule has 0 aromatic carbocycles. The van der Waals surface area contributed by atoms with Gasteiger partial charge in [-0.1, -0.05) is 18.7 Å². The Labute approximate surface area is 137 Å². The molecular formula is C15H18N4OS2. The zero-order chi connectivity index (χ0) is 15.1. The largest absolute Gasteiger partial charge is 0.384 e. The fraction of sp³-hybridized carbons (Fsp3) is 0.533. The molecule has 0 fully saturated rings. The van der Waals surface area contributed by atoms with Gasteiger partial charge in [0.15, 0.2) is 10.8 Å². The fourth-order valence-electron chi connectivity index (χ4n) is 3.05. The molecule has 1 unspecified atom stereocenters. The van der Waals surface area contributed by atoms with Crippen LogP contribution in [0, 0.1) is 5.92 Å². The maximum atomic E-state index is 5.13. The first kappa shape index (κ1) is 14.4. The first-order valence-electron chi connectivity index (χ1n) is 7.53. The summed E-state index contributed by atoms with van der Waals surface area (Å²) in [6, 6.07) is 0. The lowest BCUT2D eigenvalue weighted by molar-refractivity contribution is 0.218. The maximum Gasteiger partial charge on any atom is 0.192 e. The lowest BCUT2D eigenvalue weighted by Gasteiger charge is -2.17. The van der Waals surface area contributed by atoms with Gasteiger partial charge in [-0.15, -0.1) is 11.3 Å². The zero-order valence-corrected chi connectivity index (χ0v) is 14.3. The third kappa shape index (κ3) is 2.31. The first-order chi connectivity index (χ1) is 10.8. The number of hydrogen-bond donors (Lipinski definition) is 0. The number of nitrogens with zero attached hydrogens (tertiary/aromatic N) is 4.